The summed E-state index contributed by atoms with van der Waals surface area (Å²) in [6.45, 7) is 0. The van der Waals surface area contributed by atoms with E-state index in [1.54, 1.807) is 30.3 Å². The van der Waals surface area contributed by atoms with E-state index < -0.39 is 0 Å². The first-order chi connectivity index (χ1) is 8.27. The van der Waals surface area contributed by atoms with Crippen LogP contribution in [0.3, 0.4) is 0 Å². The summed E-state index contributed by atoms with van der Waals surface area (Å²) in [5.41, 5.74) is -0.0449. The summed E-state index contributed by atoms with van der Waals surface area (Å²) in [5, 5.41) is 12.5. The molecule has 0 saturated heterocycles. The lowest BCUT2D eigenvalue weighted by Crippen LogP contribution is -1.97. The van der Waals surface area contributed by atoms with E-state index in [9.17, 15) is 9.90 Å². The first kappa shape index (κ1) is 9.85. The molecule has 2 nitrogen and oxygen atoms in total. The van der Waals surface area contributed by atoms with Crippen molar-refractivity contribution in [3.8, 4) is 5.75 Å². The molecule has 0 fully saturated rings. The van der Waals surface area contributed by atoms with Gasteiger partial charge in [0, 0.05) is 16.2 Å². The zero-order chi connectivity index (χ0) is 11.8. The molecule has 2 heteroatoms. The normalized spacial score (nSPS) is 10.8. The zero-order valence-electron chi connectivity index (χ0n) is 9.05. The predicted molar refractivity (Wildman–Crippen MR) is 69.4 cm³/mol. The van der Waals surface area contributed by atoms with Gasteiger partial charge in [-0.25, -0.2) is 0 Å². The van der Waals surface area contributed by atoms with Crippen LogP contribution in [0.4, 0.5) is 0 Å². The van der Waals surface area contributed by atoms with Crippen LogP contribution in [0.15, 0.2) is 59.4 Å². The molecular formula is C15H10O2. The largest absolute Gasteiger partial charge is 0.507 e. The first-order valence-electron chi connectivity index (χ1n) is 5.41. The Balaban J connectivity index is 2.69. The van der Waals surface area contributed by atoms with Gasteiger partial charge in [0.1, 0.15) is 5.75 Å². The molecule has 0 aliphatic rings. The molecule has 0 radical (unpaired) electrons. The molecule has 0 saturated carbocycles. The van der Waals surface area contributed by atoms with Crippen molar-refractivity contribution < 1.29 is 5.11 Å². The molecule has 0 atom stereocenters. The molecule has 0 aliphatic heterocycles. The van der Waals surface area contributed by atoms with Gasteiger partial charge in [-0.1, -0.05) is 42.5 Å². The molecule has 0 heterocycles. The maximum Gasteiger partial charge on any atom is 0.194 e. The number of phenolic OH excluding ortho intramolecular Hbond substituents is 1. The molecule has 0 bridgehead atoms. The van der Waals surface area contributed by atoms with Gasteiger partial charge in [0.05, 0.1) is 0 Å². The highest BCUT2D eigenvalue weighted by atomic mass is 16.3. The van der Waals surface area contributed by atoms with Crippen molar-refractivity contribution >= 4 is 21.5 Å². The van der Waals surface area contributed by atoms with Crippen LogP contribution in [0.1, 0.15) is 0 Å². The summed E-state index contributed by atoms with van der Waals surface area (Å²) in [5.74, 6) is 0.139. The van der Waals surface area contributed by atoms with Gasteiger partial charge >= 0.3 is 0 Å². The van der Waals surface area contributed by atoms with Crippen LogP contribution in [0.5, 0.6) is 5.75 Å². The molecule has 0 unspecified atom stereocenters. The van der Waals surface area contributed by atoms with E-state index >= 15 is 0 Å². The molecule has 0 aliphatic carbocycles. The van der Waals surface area contributed by atoms with Crippen LogP contribution in [0.25, 0.3) is 21.5 Å². The number of hydrogen-bond donors (Lipinski definition) is 1. The van der Waals surface area contributed by atoms with Gasteiger partial charge in [0.25, 0.3) is 0 Å². The third-order valence-corrected chi connectivity index (χ3v) is 2.96. The van der Waals surface area contributed by atoms with Crippen molar-refractivity contribution in [1.29, 1.82) is 0 Å². The molecule has 3 aromatic rings. The minimum absolute atomic E-state index is 0.0449. The fourth-order valence-electron chi connectivity index (χ4n) is 2.09. The van der Waals surface area contributed by atoms with Crippen LogP contribution in [-0.4, -0.2) is 5.11 Å². The first-order valence-corrected chi connectivity index (χ1v) is 5.41. The summed E-state index contributed by atoms with van der Waals surface area (Å²) < 4.78 is 0. The number of benzene rings is 2. The predicted octanol–water partition coefficient (Wildman–Crippen LogP) is 3.06. The van der Waals surface area contributed by atoms with E-state index in [1.165, 1.54) is 0 Å². The van der Waals surface area contributed by atoms with Crippen LogP contribution in [0.2, 0.25) is 0 Å². The SMILES string of the molecule is O=c1c2ccccc2ccc2c(O)cccc12. The van der Waals surface area contributed by atoms with E-state index in [-0.39, 0.29) is 11.2 Å². The molecule has 82 valence electrons. The van der Waals surface area contributed by atoms with E-state index in [1.807, 2.05) is 24.3 Å². The highest BCUT2D eigenvalue weighted by molar-refractivity contribution is 5.95. The summed E-state index contributed by atoms with van der Waals surface area (Å²) >= 11 is 0. The number of rotatable bonds is 0. The second kappa shape index (κ2) is 3.59. The Kier molecular flexibility index (Phi) is 2.08. The van der Waals surface area contributed by atoms with Crippen LogP contribution in [0, 0.1) is 0 Å². The number of hydrogen-bond acceptors (Lipinski definition) is 2. The smallest absolute Gasteiger partial charge is 0.194 e. The number of phenols is 1. The minimum atomic E-state index is -0.0449. The standard InChI is InChI=1S/C15H10O2/c16-14-7-3-6-13-12(14)9-8-10-4-1-2-5-11(10)15(13)17/h1-9,16H. The topological polar surface area (TPSA) is 37.3 Å². The van der Waals surface area contributed by atoms with Gasteiger partial charge in [-0.15, -0.1) is 0 Å². The molecule has 0 amide bonds. The fraction of sp³-hybridized carbons (Fsp3) is 0. The maximum atomic E-state index is 12.3. The summed E-state index contributed by atoms with van der Waals surface area (Å²) in [4.78, 5) is 12.3. The monoisotopic (exact) mass is 222 g/mol. The Bertz CT molecular complexity index is 776. The molecule has 17 heavy (non-hydrogen) atoms. The second-order valence-corrected chi connectivity index (χ2v) is 3.99. The van der Waals surface area contributed by atoms with Gasteiger partial charge < -0.3 is 5.11 Å². The molecule has 3 rings (SSSR count). The van der Waals surface area contributed by atoms with Crippen molar-refractivity contribution in [2.45, 2.75) is 0 Å². The Hall–Kier alpha value is -2.35. The summed E-state index contributed by atoms with van der Waals surface area (Å²) in [7, 11) is 0. The molecule has 0 aromatic heterocycles. The average molecular weight is 222 g/mol. The highest BCUT2D eigenvalue weighted by Crippen LogP contribution is 2.22. The van der Waals surface area contributed by atoms with Crippen molar-refractivity contribution in [3.05, 3.63) is 64.8 Å². The molecule has 0 spiro atoms. The van der Waals surface area contributed by atoms with Gasteiger partial charge in [-0.05, 0) is 17.5 Å². The van der Waals surface area contributed by atoms with E-state index in [0.717, 1.165) is 5.39 Å². The highest BCUT2D eigenvalue weighted by Gasteiger charge is 2.03. The van der Waals surface area contributed by atoms with Crippen LogP contribution >= 0.6 is 0 Å². The lowest BCUT2D eigenvalue weighted by atomic mass is 10.1. The Morgan fingerprint density at radius 1 is 0.706 bits per heavy atom. The Morgan fingerprint density at radius 3 is 2.35 bits per heavy atom. The van der Waals surface area contributed by atoms with E-state index in [4.69, 9.17) is 0 Å². The van der Waals surface area contributed by atoms with Crippen LogP contribution in [-0.2, 0) is 0 Å². The van der Waals surface area contributed by atoms with Gasteiger partial charge in [0.15, 0.2) is 5.43 Å². The van der Waals surface area contributed by atoms with Crippen LogP contribution < -0.4 is 5.43 Å². The minimum Gasteiger partial charge on any atom is -0.507 e. The van der Waals surface area contributed by atoms with Crippen molar-refractivity contribution in [3.63, 3.8) is 0 Å². The van der Waals surface area contributed by atoms with Crippen molar-refractivity contribution in [2.75, 3.05) is 0 Å². The zero-order valence-corrected chi connectivity index (χ0v) is 9.05. The van der Waals surface area contributed by atoms with Gasteiger partial charge in [-0.2, -0.15) is 0 Å². The summed E-state index contributed by atoms with van der Waals surface area (Å²) in [6, 6.07) is 16.1. The lowest BCUT2D eigenvalue weighted by Gasteiger charge is -1.94. The molecular weight excluding hydrogens is 212 g/mol. The summed E-state index contributed by atoms with van der Waals surface area (Å²) in [6.07, 6.45) is 0. The Morgan fingerprint density at radius 2 is 1.47 bits per heavy atom. The fourth-order valence-corrected chi connectivity index (χ4v) is 2.09. The quantitative estimate of drug-likeness (QED) is 0.634. The van der Waals surface area contributed by atoms with Crippen molar-refractivity contribution in [2.24, 2.45) is 0 Å². The molecule has 1 N–H and O–H groups in total. The lowest BCUT2D eigenvalue weighted by molar-refractivity contribution is 0.481. The van der Waals surface area contributed by atoms with E-state index in [2.05, 4.69) is 0 Å². The average Bonchev–Trinajstić information content (AvgIpc) is 2.50. The van der Waals surface area contributed by atoms with Gasteiger partial charge in [0.2, 0.25) is 0 Å². The third kappa shape index (κ3) is 1.46. The number of fused-ring (bicyclic) bond motifs is 2. The second-order valence-electron chi connectivity index (χ2n) is 3.99. The number of aromatic hydroxyl groups is 1. The maximum absolute atomic E-state index is 12.3. The van der Waals surface area contributed by atoms with Crippen molar-refractivity contribution in [1.82, 2.24) is 0 Å². The van der Waals surface area contributed by atoms with Gasteiger partial charge in [-0.3, -0.25) is 4.79 Å². The Labute approximate surface area is 97.8 Å². The third-order valence-electron chi connectivity index (χ3n) is 2.96. The van der Waals surface area contributed by atoms with E-state index in [0.29, 0.717) is 16.2 Å². The molecule has 3 aromatic carbocycles.